The van der Waals surface area contributed by atoms with E-state index in [9.17, 15) is 9.59 Å². The van der Waals surface area contributed by atoms with E-state index in [4.69, 9.17) is 4.74 Å². The molecule has 2 aromatic heterocycles. The number of nitrogens with zero attached hydrogens (tertiary/aromatic N) is 2. The molecule has 0 fully saturated rings. The number of amides is 1. The van der Waals surface area contributed by atoms with Crippen molar-refractivity contribution in [1.82, 2.24) is 19.9 Å². The van der Waals surface area contributed by atoms with Gasteiger partial charge in [-0.25, -0.2) is 4.98 Å². The zero-order chi connectivity index (χ0) is 19.6. The molecule has 3 rings (SSSR count). The predicted octanol–water partition coefficient (Wildman–Crippen LogP) is 2.48. The number of pyridine rings is 1. The minimum atomic E-state index is -0.411. The molecule has 1 amide bonds. The first-order valence-corrected chi connectivity index (χ1v) is 8.88. The van der Waals surface area contributed by atoms with Crippen LogP contribution in [0.2, 0.25) is 0 Å². The summed E-state index contributed by atoms with van der Waals surface area (Å²) in [7, 11) is 1.65. The lowest BCUT2D eigenvalue weighted by molar-refractivity contribution is 0.0935. The number of aryl methyl sites for hydroxylation is 2. The summed E-state index contributed by atoms with van der Waals surface area (Å²) in [5.41, 5.74) is 2.96. The van der Waals surface area contributed by atoms with Crippen LogP contribution < -0.4 is 10.9 Å². The lowest BCUT2D eigenvalue weighted by Crippen LogP contribution is -2.34. The summed E-state index contributed by atoms with van der Waals surface area (Å²) >= 11 is 0. The maximum atomic E-state index is 12.7. The summed E-state index contributed by atoms with van der Waals surface area (Å²) in [6.45, 7) is 6.56. The molecule has 7 heteroatoms. The van der Waals surface area contributed by atoms with E-state index in [1.807, 2.05) is 35.8 Å². The minimum absolute atomic E-state index is 0.131. The Bertz CT molecular complexity index is 1040. The van der Waals surface area contributed by atoms with Crippen LogP contribution >= 0.6 is 0 Å². The number of aromatic nitrogens is 3. The van der Waals surface area contributed by atoms with E-state index in [1.54, 1.807) is 27.0 Å². The highest BCUT2D eigenvalue weighted by Gasteiger charge is 2.21. The highest BCUT2D eigenvalue weighted by molar-refractivity contribution is 5.95. The molecule has 1 unspecified atom stereocenters. The normalized spacial score (nSPS) is 12.3. The van der Waals surface area contributed by atoms with Crippen molar-refractivity contribution in [2.45, 2.75) is 33.4 Å². The fourth-order valence-electron chi connectivity index (χ4n) is 3.31. The SMILES string of the molecule is COCCn1c(C(C)NC(=O)c2c(C)cc(C)[nH]c2=O)nc2ccccc21. The zero-order valence-electron chi connectivity index (χ0n) is 16.0. The second kappa shape index (κ2) is 7.75. The molecule has 2 N–H and O–H groups in total. The quantitative estimate of drug-likeness (QED) is 0.699. The molecule has 27 heavy (non-hydrogen) atoms. The Kier molecular flexibility index (Phi) is 5.41. The van der Waals surface area contributed by atoms with E-state index in [0.29, 0.717) is 18.7 Å². The summed E-state index contributed by atoms with van der Waals surface area (Å²) < 4.78 is 7.25. The molecular weight excluding hydrogens is 344 g/mol. The molecule has 0 aliphatic carbocycles. The van der Waals surface area contributed by atoms with Gasteiger partial charge in [-0.3, -0.25) is 9.59 Å². The van der Waals surface area contributed by atoms with Crippen molar-refractivity contribution >= 4 is 16.9 Å². The van der Waals surface area contributed by atoms with E-state index < -0.39 is 5.91 Å². The van der Waals surface area contributed by atoms with Gasteiger partial charge in [0.15, 0.2) is 0 Å². The largest absolute Gasteiger partial charge is 0.383 e. The molecule has 3 aromatic rings. The number of hydrogen-bond donors (Lipinski definition) is 2. The first-order valence-electron chi connectivity index (χ1n) is 8.88. The maximum absolute atomic E-state index is 12.7. The van der Waals surface area contributed by atoms with Gasteiger partial charge in [-0.15, -0.1) is 0 Å². The number of methoxy groups -OCH3 is 1. The van der Waals surface area contributed by atoms with Gasteiger partial charge < -0.3 is 19.6 Å². The number of hydrogen-bond acceptors (Lipinski definition) is 4. The number of carbonyl (C=O) groups excluding carboxylic acids is 1. The Morgan fingerprint density at radius 3 is 2.78 bits per heavy atom. The van der Waals surface area contributed by atoms with Crippen LogP contribution in [0.15, 0.2) is 35.1 Å². The van der Waals surface area contributed by atoms with Crippen LogP contribution in [0.4, 0.5) is 0 Å². The van der Waals surface area contributed by atoms with E-state index in [0.717, 1.165) is 22.6 Å². The summed E-state index contributed by atoms with van der Waals surface area (Å²) in [4.78, 5) is 32.3. The van der Waals surface area contributed by atoms with Gasteiger partial charge in [-0.1, -0.05) is 12.1 Å². The zero-order valence-corrected chi connectivity index (χ0v) is 16.0. The number of ether oxygens (including phenoxy) is 1. The number of nitrogens with one attached hydrogen (secondary N) is 2. The number of aromatic amines is 1. The summed E-state index contributed by atoms with van der Waals surface area (Å²) in [6.07, 6.45) is 0. The molecule has 142 valence electrons. The Morgan fingerprint density at radius 2 is 2.07 bits per heavy atom. The van der Waals surface area contributed by atoms with Crippen LogP contribution in [-0.4, -0.2) is 34.2 Å². The molecule has 0 radical (unpaired) electrons. The maximum Gasteiger partial charge on any atom is 0.261 e. The predicted molar refractivity (Wildman–Crippen MR) is 104 cm³/mol. The number of imidazole rings is 1. The molecule has 0 spiro atoms. The number of benzene rings is 1. The molecule has 0 saturated heterocycles. The summed E-state index contributed by atoms with van der Waals surface area (Å²) in [6, 6.07) is 9.22. The molecular formula is C20H24N4O3. The standard InChI is InChI=1S/C20H24N4O3/c1-12-11-13(2)21-19(25)17(12)20(26)22-14(3)18-23-15-7-5-6-8-16(15)24(18)9-10-27-4/h5-8,11,14H,9-10H2,1-4H3,(H,21,25)(H,22,26). The van der Waals surface area contributed by atoms with Crippen LogP contribution in [-0.2, 0) is 11.3 Å². The van der Waals surface area contributed by atoms with E-state index in [-0.39, 0.29) is 17.2 Å². The third kappa shape index (κ3) is 3.78. The Balaban J connectivity index is 1.93. The van der Waals surface area contributed by atoms with Crippen molar-refractivity contribution in [1.29, 1.82) is 0 Å². The average molecular weight is 368 g/mol. The topological polar surface area (TPSA) is 89.0 Å². The molecule has 0 aliphatic rings. The first kappa shape index (κ1) is 18.8. The number of fused-ring (bicyclic) bond motifs is 1. The van der Waals surface area contributed by atoms with Gasteiger partial charge in [-0.05, 0) is 44.5 Å². The second-order valence-electron chi connectivity index (χ2n) is 6.64. The first-order chi connectivity index (χ1) is 12.9. The van der Waals surface area contributed by atoms with Gasteiger partial charge in [-0.2, -0.15) is 0 Å². The van der Waals surface area contributed by atoms with Crippen molar-refractivity contribution < 1.29 is 9.53 Å². The number of rotatable bonds is 6. The fraction of sp³-hybridized carbons (Fsp3) is 0.350. The summed E-state index contributed by atoms with van der Waals surface area (Å²) in [5, 5.41) is 2.91. The van der Waals surface area contributed by atoms with Crippen LogP contribution in [0.25, 0.3) is 11.0 Å². The molecule has 1 aromatic carbocycles. The number of para-hydroxylation sites is 2. The summed E-state index contributed by atoms with van der Waals surface area (Å²) in [5.74, 6) is 0.314. The monoisotopic (exact) mass is 368 g/mol. The molecule has 2 heterocycles. The highest BCUT2D eigenvalue weighted by atomic mass is 16.5. The third-order valence-corrected chi connectivity index (χ3v) is 4.53. The second-order valence-corrected chi connectivity index (χ2v) is 6.64. The Morgan fingerprint density at radius 1 is 1.33 bits per heavy atom. The van der Waals surface area contributed by atoms with Gasteiger partial charge in [0.1, 0.15) is 11.4 Å². The van der Waals surface area contributed by atoms with E-state index in [2.05, 4.69) is 15.3 Å². The van der Waals surface area contributed by atoms with E-state index >= 15 is 0 Å². The lowest BCUT2D eigenvalue weighted by atomic mass is 10.1. The Hall–Kier alpha value is -2.93. The molecule has 0 saturated carbocycles. The van der Waals surface area contributed by atoms with Gasteiger partial charge in [0, 0.05) is 19.3 Å². The minimum Gasteiger partial charge on any atom is -0.383 e. The smallest absolute Gasteiger partial charge is 0.261 e. The van der Waals surface area contributed by atoms with Gasteiger partial charge in [0.25, 0.3) is 11.5 Å². The molecule has 1 atom stereocenters. The lowest BCUT2D eigenvalue weighted by Gasteiger charge is -2.16. The van der Waals surface area contributed by atoms with E-state index in [1.165, 1.54) is 0 Å². The van der Waals surface area contributed by atoms with Gasteiger partial charge in [0.2, 0.25) is 0 Å². The van der Waals surface area contributed by atoms with Crippen molar-refractivity contribution in [3.8, 4) is 0 Å². The van der Waals surface area contributed by atoms with Crippen molar-refractivity contribution in [3.63, 3.8) is 0 Å². The number of H-pyrrole nitrogens is 1. The van der Waals surface area contributed by atoms with Crippen LogP contribution in [0, 0.1) is 13.8 Å². The van der Waals surface area contributed by atoms with Crippen molar-refractivity contribution in [2.24, 2.45) is 0 Å². The van der Waals surface area contributed by atoms with Gasteiger partial charge >= 0.3 is 0 Å². The third-order valence-electron chi connectivity index (χ3n) is 4.53. The molecule has 0 aliphatic heterocycles. The fourth-order valence-corrected chi connectivity index (χ4v) is 3.31. The average Bonchev–Trinajstić information content (AvgIpc) is 2.97. The van der Waals surface area contributed by atoms with Crippen LogP contribution in [0.1, 0.15) is 40.4 Å². The van der Waals surface area contributed by atoms with Crippen molar-refractivity contribution in [3.05, 3.63) is 63.3 Å². The van der Waals surface area contributed by atoms with Gasteiger partial charge in [0.05, 0.1) is 23.7 Å². The highest BCUT2D eigenvalue weighted by Crippen LogP contribution is 2.21. The number of carbonyl (C=O) groups is 1. The van der Waals surface area contributed by atoms with Crippen LogP contribution in [0.3, 0.4) is 0 Å². The molecule has 0 bridgehead atoms. The Labute approximate surface area is 157 Å². The van der Waals surface area contributed by atoms with Crippen LogP contribution in [0.5, 0.6) is 0 Å². The van der Waals surface area contributed by atoms with Crippen molar-refractivity contribution in [2.75, 3.05) is 13.7 Å². The molecule has 7 nitrogen and oxygen atoms in total.